The minimum atomic E-state index is -0.522. The van der Waals surface area contributed by atoms with Crippen LogP contribution in [0.4, 0.5) is 0 Å². The molecule has 1 saturated carbocycles. The molecule has 0 radical (unpaired) electrons. The number of phenolic OH excluding ortho intramolecular Hbond substituents is 1. The van der Waals surface area contributed by atoms with Crippen LogP contribution in [0, 0.1) is 11.8 Å². The molecule has 4 rings (SSSR count). The first-order valence-corrected chi connectivity index (χ1v) is 9.78. The number of nitrogens with zero attached hydrogens (tertiary/aromatic N) is 1. The molecule has 1 saturated heterocycles. The molecule has 2 N–H and O–H groups in total. The molecule has 0 spiro atoms. The van der Waals surface area contributed by atoms with Gasteiger partial charge in [0.1, 0.15) is 5.75 Å². The van der Waals surface area contributed by atoms with Crippen LogP contribution in [0.5, 0.6) is 5.75 Å². The Bertz CT molecular complexity index is 714. The molecule has 2 aliphatic rings. The minimum absolute atomic E-state index is 0.328. The van der Waals surface area contributed by atoms with E-state index in [2.05, 4.69) is 36.1 Å². The summed E-state index contributed by atoms with van der Waals surface area (Å²) in [6.07, 6.45) is 2.64. The Morgan fingerprint density at radius 3 is 2.23 bits per heavy atom. The van der Waals surface area contributed by atoms with Crippen molar-refractivity contribution in [3.8, 4) is 5.75 Å². The van der Waals surface area contributed by atoms with E-state index in [-0.39, 0.29) is 0 Å². The molecule has 138 valence electrons. The maximum atomic E-state index is 11.1. The molecule has 2 fully saturated rings. The van der Waals surface area contributed by atoms with E-state index in [1.807, 2.05) is 18.2 Å². The number of hydrogen-bond donors (Lipinski definition) is 2. The quantitative estimate of drug-likeness (QED) is 0.861. The molecular formula is C23H29NO2. The van der Waals surface area contributed by atoms with Gasteiger partial charge in [0.05, 0.1) is 5.60 Å². The van der Waals surface area contributed by atoms with Crippen molar-refractivity contribution in [2.24, 2.45) is 11.8 Å². The third-order valence-electron chi connectivity index (χ3n) is 6.31. The Hall–Kier alpha value is -1.84. The summed E-state index contributed by atoms with van der Waals surface area (Å²) in [5.74, 6) is 2.03. The Kier molecular flexibility index (Phi) is 4.76. The lowest BCUT2D eigenvalue weighted by atomic mass is 9.91. The number of fused-ring (bicyclic) bond motifs is 1. The van der Waals surface area contributed by atoms with Crippen molar-refractivity contribution in [3.63, 3.8) is 0 Å². The summed E-state index contributed by atoms with van der Waals surface area (Å²) in [4.78, 5) is 2.56. The summed E-state index contributed by atoms with van der Waals surface area (Å²) >= 11 is 0. The third kappa shape index (κ3) is 3.79. The zero-order chi connectivity index (χ0) is 18.1. The van der Waals surface area contributed by atoms with Crippen molar-refractivity contribution in [1.29, 1.82) is 0 Å². The Labute approximate surface area is 156 Å². The summed E-state index contributed by atoms with van der Waals surface area (Å²) in [6, 6.07) is 18.0. The normalized spacial score (nSPS) is 29.6. The molecule has 1 aliphatic carbocycles. The van der Waals surface area contributed by atoms with E-state index in [4.69, 9.17) is 0 Å². The fraction of sp³-hybridized carbons (Fsp3) is 0.478. The number of phenols is 1. The van der Waals surface area contributed by atoms with Crippen LogP contribution >= 0.6 is 0 Å². The van der Waals surface area contributed by atoms with Crippen LogP contribution in [0.2, 0.25) is 0 Å². The van der Waals surface area contributed by atoms with Crippen molar-refractivity contribution in [2.75, 3.05) is 19.6 Å². The third-order valence-corrected chi connectivity index (χ3v) is 6.31. The standard InChI is InChI=1S/C23H29NO2/c1-17(19-7-9-22(25)10-8-19)14-24-15-20-12-23(26,13-21(20)16-24)11-18-5-3-2-4-6-18/h2-10,17,20-21,25-26H,11-16H2,1H3. The Balaban J connectivity index is 1.32. The van der Waals surface area contributed by atoms with E-state index >= 15 is 0 Å². The van der Waals surface area contributed by atoms with Gasteiger partial charge < -0.3 is 15.1 Å². The smallest absolute Gasteiger partial charge is 0.115 e. The molecule has 0 bridgehead atoms. The average Bonchev–Trinajstić information content (AvgIpc) is 3.10. The van der Waals surface area contributed by atoms with Gasteiger partial charge in [-0.25, -0.2) is 0 Å². The van der Waals surface area contributed by atoms with E-state index in [1.54, 1.807) is 12.1 Å². The van der Waals surface area contributed by atoms with Crippen LogP contribution in [0.25, 0.3) is 0 Å². The first kappa shape index (κ1) is 17.6. The molecule has 1 aliphatic heterocycles. The molecule has 1 heterocycles. The fourth-order valence-electron chi connectivity index (χ4n) is 5.12. The molecular weight excluding hydrogens is 322 g/mol. The molecule has 2 aromatic rings. The molecule has 3 nitrogen and oxygen atoms in total. The van der Waals surface area contributed by atoms with Gasteiger partial charge in [-0.2, -0.15) is 0 Å². The van der Waals surface area contributed by atoms with Gasteiger partial charge in [-0.05, 0) is 53.9 Å². The molecule has 3 atom stereocenters. The first-order chi connectivity index (χ1) is 12.5. The second kappa shape index (κ2) is 7.05. The zero-order valence-corrected chi connectivity index (χ0v) is 15.5. The van der Waals surface area contributed by atoms with Gasteiger partial charge in [0.2, 0.25) is 0 Å². The molecule has 0 aromatic heterocycles. The number of benzene rings is 2. The second-order valence-electron chi connectivity index (χ2n) is 8.53. The van der Waals surface area contributed by atoms with Crippen LogP contribution in [-0.4, -0.2) is 40.3 Å². The maximum absolute atomic E-state index is 11.1. The molecule has 0 amide bonds. The Morgan fingerprint density at radius 2 is 1.62 bits per heavy atom. The number of likely N-dealkylation sites (tertiary alicyclic amines) is 1. The van der Waals surface area contributed by atoms with Crippen LogP contribution in [0.15, 0.2) is 54.6 Å². The van der Waals surface area contributed by atoms with E-state index in [1.165, 1.54) is 11.1 Å². The van der Waals surface area contributed by atoms with Gasteiger partial charge in [0, 0.05) is 26.1 Å². The summed E-state index contributed by atoms with van der Waals surface area (Å²) in [7, 11) is 0. The second-order valence-corrected chi connectivity index (χ2v) is 8.53. The Morgan fingerprint density at radius 1 is 1.00 bits per heavy atom. The summed E-state index contributed by atoms with van der Waals surface area (Å²) in [5, 5.41) is 20.5. The highest BCUT2D eigenvalue weighted by molar-refractivity contribution is 5.28. The van der Waals surface area contributed by atoms with E-state index in [9.17, 15) is 10.2 Å². The van der Waals surface area contributed by atoms with Gasteiger partial charge >= 0.3 is 0 Å². The van der Waals surface area contributed by atoms with Crippen molar-refractivity contribution >= 4 is 0 Å². The van der Waals surface area contributed by atoms with Gasteiger partial charge in [-0.1, -0.05) is 49.4 Å². The van der Waals surface area contributed by atoms with Crippen LogP contribution in [0.3, 0.4) is 0 Å². The highest BCUT2D eigenvalue weighted by Gasteiger charge is 2.48. The van der Waals surface area contributed by atoms with Gasteiger partial charge in [-0.15, -0.1) is 0 Å². The van der Waals surface area contributed by atoms with Crippen molar-refractivity contribution in [3.05, 3.63) is 65.7 Å². The molecule has 26 heavy (non-hydrogen) atoms. The predicted molar refractivity (Wildman–Crippen MR) is 104 cm³/mol. The van der Waals surface area contributed by atoms with E-state index in [0.717, 1.165) is 38.9 Å². The lowest BCUT2D eigenvalue weighted by Crippen LogP contribution is -2.33. The van der Waals surface area contributed by atoms with Crippen molar-refractivity contribution in [2.45, 2.75) is 37.7 Å². The van der Waals surface area contributed by atoms with Gasteiger partial charge in [0.15, 0.2) is 0 Å². The molecule has 3 heteroatoms. The van der Waals surface area contributed by atoms with Crippen LogP contribution in [0.1, 0.15) is 36.8 Å². The largest absolute Gasteiger partial charge is 0.508 e. The summed E-state index contributed by atoms with van der Waals surface area (Å²) in [5.41, 5.74) is 2.00. The number of aromatic hydroxyl groups is 1. The van der Waals surface area contributed by atoms with E-state index < -0.39 is 5.60 Å². The van der Waals surface area contributed by atoms with Crippen LogP contribution < -0.4 is 0 Å². The lowest BCUT2D eigenvalue weighted by Gasteiger charge is -2.27. The zero-order valence-electron chi connectivity index (χ0n) is 15.5. The highest BCUT2D eigenvalue weighted by Crippen LogP contribution is 2.45. The number of hydrogen-bond acceptors (Lipinski definition) is 3. The SMILES string of the molecule is CC(CN1CC2CC(O)(Cc3ccccc3)CC2C1)c1ccc(O)cc1. The van der Waals surface area contributed by atoms with Gasteiger partial charge in [-0.3, -0.25) is 0 Å². The lowest BCUT2D eigenvalue weighted by molar-refractivity contribution is 0.0353. The predicted octanol–water partition coefficient (Wildman–Crippen LogP) is 3.81. The first-order valence-electron chi connectivity index (χ1n) is 9.78. The van der Waals surface area contributed by atoms with Crippen molar-refractivity contribution < 1.29 is 10.2 Å². The fourth-order valence-corrected chi connectivity index (χ4v) is 5.12. The number of aliphatic hydroxyl groups is 1. The monoisotopic (exact) mass is 351 g/mol. The minimum Gasteiger partial charge on any atom is -0.508 e. The topological polar surface area (TPSA) is 43.7 Å². The maximum Gasteiger partial charge on any atom is 0.115 e. The summed E-state index contributed by atoms with van der Waals surface area (Å²) in [6.45, 7) is 5.51. The van der Waals surface area contributed by atoms with Crippen LogP contribution in [-0.2, 0) is 6.42 Å². The summed E-state index contributed by atoms with van der Waals surface area (Å²) < 4.78 is 0. The van der Waals surface area contributed by atoms with E-state index in [0.29, 0.717) is 23.5 Å². The highest BCUT2D eigenvalue weighted by atomic mass is 16.3. The average molecular weight is 351 g/mol. The molecule has 3 unspecified atom stereocenters. The van der Waals surface area contributed by atoms with Crippen molar-refractivity contribution in [1.82, 2.24) is 4.90 Å². The molecule has 2 aromatic carbocycles. The number of rotatable bonds is 5. The van der Waals surface area contributed by atoms with Gasteiger partial charge in [0.25, 0.3) is 0 Å².